The molecule has 1 heterocycles. The van der Waals surface area contributed by atoms with Crippen molar-refractivity contribution in [3.63, 3.8) is 0 Å². The van der Waals surface area contributed by atoms with Gasteiger partial charge >= 0.3 is 0 Å². The molecular formula is C22H32IN5. The molecule has 1 unspecified atom stereocenters. The molecule has 0 saturated carbocycles. The first kappa shape index (κ1) is 22.5. The van der Waals surface area contributed by atoms with Gasteiger partial charge in [-0.15, -0.1) is 24.0 Å². The summed E-state index contributed by atoms with van der Waals surface area (Å²) in [5.41, 5.74) is 3.89. The van der Waals surface area contributed by atoms with E-state index in [-0.39, 0.29) is 24.0 Å². The fourth-order valence-corrected chi connectivity index (χ4v) is 3.45. The smallest absolute Gasteiger partial charge is 0.191 e. The number of nitrogens with one attached hydrogen (secondary N) is 2. The van der Waals surface area contributed by atoms with Gasteiger partial charge in [-0.25, -0.2) is 0 Å². The second-order valence-electron chi connectivity index (χ2n) is 7.39. The number of aliphatic imine (C=N–C) groups is 1. The van der Waals surface area contributed by atoms with E-state index < -0.39 is 0 Å². The molecule has 0 aliphatic carbocycles. The summed E-state index contributed by atoms with van der Waals surface area (Å²) < 4.78 is 0. The van der Waals surface area contributed by atoms with Gasteiger partial charge in [0.25, 0.3) is 0 Å². The average Bonchev–Trinajstić information content (AvgIpc) is 3.15. The standard InChI is InChI=1S/C22H31N5.HI/c1-23-22(24-15-18-9-11-19(12-10-18)16-26(2)3)25-20-13-14-27(17-20)21-7-5-4-6-8-21;/h4-12,20H,13-17H2,1-3H3,(H2,23,24,25);1H. The highest BCUT2D eigenvalue weighted by atomic mass is 127. The zero-order valence-corrected chi connectivity index (χ0v) is 19.4. The maximum atomic E-state index is 4.39. The Labute approximate surface area is 186 Å². The van der Waals surface area contributed by atoms with Gasteiger partial charge in [0.1, 0.15) is 0 Å². The van der Waals surface area contributed by atoms with E-state index in [2.05, 4.69) is 94.1 Å². The molecule has 1 fully saturated rings. The lowest BCUT2D eigenvalue weighted by Gasteiger charge is -2.20. The van der Waals surface area contributed by atoms with E-state index in [0.717, 1.165) is 38.6 Å². The molecular weight excluding hydrogens is 461 g/mol. The lowest BCUT2D eigenvalue weighted by molar-refractivity contribution is 0.402. The minimum absolute atomic E-state index is 0. The number of guanidine groups is 1. The Bertz CT molecular complexity index is 730. The molecule has 0 amide bonds. The summed E-state index contributed by atoms with van der Waals surface area (Å²) in [5, 5.41) is 7.00. The van der Waals surface area contributed by atoms with Gasteiger partial charge in [-0.1, -0.05) is 42.5 Å². The molecule has 2 aromatic carbocycles. The van der Waals surface area contributed by atoms with E-state index in [1.54, 1.807) is 0 Å². The highest BCUT2D eigenvalue weighted by Crippen LogP contribution is 2.19. The topological polar surface area (TPSA) is 42.9 Å². The van der Waals surface area contributed by atoms with Crippen LogP contribution >= 0.6 is 24.0 Å². The second-order valence-corrected chi connectivity index (χ2v) is 7.39. The summed E-state index contributed by atoms with van der Waals surface area (Å²) in [6.07, 6.45) is 1.12. The minimum Gasteiger partial charge on any atom is -0.369 e. The first-order valence-corrected chi connectivity index (χ1v) is 9.64. The Morgan fingerprint density at radius 2 is 1.75 bits per heavy atom. The third kappa shape index (κ3) is 6.67. The van der Waals surface area contributed by atoms with Gasteiger partial charge in [0, 0.05) is 45.0 Å². The maximum absolute atomic E-state index is 4.39. The van der Waals surface area contributed by atoms with Crippen LogP contribution in [0.25, 0.3) is 0 Å². The van der Waals surface area contributed by atoms with Crippen LogP contribution in [0.15, 0.2) is 59.6 Å². The van der Waals surface area contributed by atoms with E-state index >= 15 is 0 Å². The van der Waals surface area contributed by atoms with Crippen molar-refractivity contribution in [2.24, 2.45) is 4.99 Å². The van der Waals surface area contributed by atoms with Gasteiger partial charge < -0.3 is 20.4 Å². The van der Waals surface area contributed by atoms with Crippen molar-refractivity contribution < 1.29 is 0 Å². The zero-order valence-electron chi connectivity index (χ0n) is 17.1. The van der Waals surface area contributed by atoms with Crippen molar-refractivity contribution in [3.8, 4) is 0 Å². The molecule has 28 heavy (non-hydrogen) atoms. The Kier molecular flexibility index (Phi) is 9.05. The van der Waals surface area contributed by atoms with Crippen LogP contribution in [0.2, 0.25) is 0 Å². The molecule has 2 aromatic rings. The molecule has 5 nitrogen and oxygen atoms in total. The first-order chi connectivity index (χ1) is 13.1. The van der Waals surface area contributed by atoms with Crippen molar-refractivity contribution in [2.75, 3.05) is 39.1 Å². The Hall–Kier alpha value is -1.80. The first-order valence-electron chi connectivity index (χ1n) is 9.64. The summed E-state index contributed by atoms with van der Waals surface area (Å²) in [6.45, 7) is 3.82. The molecule has 0 radical (unpaired) electrons. The number of rotatable bonds is 6. The van der Waals surface area contributed by atoms with Crippen LogP contribution in [0.3, 0.4) is 0 Å². The third-order valence-electron chi connectivity index (χ3n) is 4.86. The van der Waals surface area contributed by atoms with E-state index in [0.29, 0.717) is 6.04 Å². The molecule has 3 rings (SSSR count). The van der Waals surface area contributed by atoms with Crippen LogP contribution in [-0.4, -0.2) is 51.1 Å². The Morgan fingerprint density at radius 1 is 1.07 bits per heavy atom. The minimum atomic E-state index is 0. The van der Waals surface area contributed by atoms with Gasteiger partial charge in [0.15, 0.2) is 5.96 Å². The number of hydrogen-bond donors (Lipinski definition) is 2. The van der Waals surface area contributed by atoms with Gasteiger partial charge in [0.05, 0.1) is 0 Å². The predicted octanol–water partition coefficient (Wildman–Crippen LogP) is 3.31. The molecule has 1 aliphatic rings. The summed E-state index contributed by atoms with van der Waals surface area (Å²) >= 11 is 0. The number of para-hydroxylation sites is 1. The number of anilines is 1. The highest BCUT2D eigenvalue weighted by molar-refractivity contribution is 14.0. The van der Waals surface area contributed by atoms with Crippen molar-refractivity contribution in [1.29, 1.82) is 0 Å². The fourth-order valence-electron chi connectivity index (χ4n) is 3.45. The van der Waals surface area contributed by atoms with Crippen molar-refractivity contribution in [3.05, 3.63) is 65.7 Å². The van der Waals surface area contributed by atoms with Crippen LogP contribution < -0.4 is 15.5 Å². The Balaban J connectivity index is 0.00000280. The number of nitrogens with zero attached hydrogens (tertiary/aromatic N) is 3. The monoisotopic (exact) mass is 493 g/mol. The number of hydrogen-bond acceptors (Lipinski definition) is 3. The molecule has 0 aromatic heterocycles. The van der Waals surface area contributed by atoms with Crippen molar-refractivity contribution in [2.45, 2.75) is 25.6 Å². The van der Waals surface area contributed by atoms with Gasteiger partial charge in [-0.3, -0.25) is 4.99 Å². The lowest BCUT2D eigenvalue weighted by atomic mass is 10.1. The zero-order chi connectivity index (χ0) is 19.1. The summed E-state index contributed by atoms with van der Waals surface area (Å²) in [6, 6.07) is 19.8. The van der Waals surface area contributed by atoms with E-state index in [1.165, 1.54) is 16.8 Å². The second kappa shape index (κ2) is 11.3. The van der Waals surface area contributed by atoms with Gasteiger partial charge in [-0.05, 0) is 43.8 Å². The molecule has 152 valence electrons. The molecule has 0 spiro atoms. The van der Waals surface area contributed by atoms with Crippen LogP contribution in [0.1, 0.15) is 17.5 Å². The molecule has 6 heteroatoms. The Morgan fingerprint density at radius 3 is 2.39 bits per heavy atom. The molecule has 1 aliphatic heterocycles. The normalized spacial score (nSPS) is 16.8. The largest absolute Gasteiger partial charge is 0.369 e. The molecule has 1 atom stereocenters. The predicted molar refractivity (Wildman–Crippen MR) is 130 cm³/mol. The van der Waals surface area contributed by atoms with E-state index in [9.17, 15) is 0 Å². The van der Waals surface area contributed by atoms with E-state index in [1.807, 2.05) is 7.05 Å². The van der Waals surface area contributed by atoms with Gasteiger partial charge in [-0.2, -0.15) is 0 Å². The SMILES string of the molecule is CN=C(NCc1ccc(CN(C)C)cc1)NC1CCN(c2ccccc2)C1.I. The summed E-state index contributed by atoms with van der Waals surface area (Å²) in [4.78, 5) is 9.00. The third-order valence-corrected chi connectivity index (χ3v) is 4.86. The lowest BCUT2D eigenvalue weighted by Crippen LogP contribution is -2.44. The number of benzene rings is 2. The molecule has 2 N–H and O–H groups in total. The van der Waals surface area contributed by atoms with E-state index in [4.69, 9.17) is 0 Å². The van der Waals surface area contributed by atoms with Crippen LogP contribution in [-0.2, 0) is 13.1 Å². The maximum Gasteiger partial charge on any atom is 0.191 e. The van der Waals surface area contributed by atoms with Crippen LogP contribution in [0, 0.1) is 0 Å². The van der Waals surface area contributed by atoms with Crippen LogP contribution in [0.5, 0.6) is 0 Å². The summed E-state index contributed by atoms with van der Waals surface area (Å²) in [5.74, 6) is 0.868. The average molecular weight is 493 g/mol. The summed E-state index contributed by atoms with van der Waals surface area (Å²) in [7, 11) is 6.01. The molecule has 0 bridgehead atoms. The van der Waals surface area contributed by atoms with Crippen LogP contribution in [0.4, 0.5) is 5.69 Å². The van der Waals surface area contributed by atoms with Crippen molar-refractivity contribution in [1.82, 2.24) is 15.5 Å². The number of halogens is 1. The highest BCUT2D eigenvalue weighted by Gasteiger charge is 2.23. The quantitative estimate of drug-likeness (QED) is 0.368. The fraction of sp³-hybridized carbons (Fsp3) is 0.409. The van der Waals surface area contributed by atoms with Crippen molar-refractivity contribution >= 4 is 35.6 Å². The molecule has 1 saturated heterocycles. The van der Waals surface area contributed by atoms with Gasteiger partial charge in [0.2, 0.25) is 0 Å².